The molecular formula is C17H19NO4. The van der Waals surface area contributed by atoms with Gasteiger partial charge in [0.05, 0.1) is 31.1 Å². The highest BCUT2D eigenvalue weighted by Gasteiger charge is 2.36. The fourth-order valence-electron chi connectivity index (χ4n) is 2.96. The molecule has 0 radical (unpaired) electrons. The number of amides is 1. The molecule has 2 atom stereocenters. The standard InChI is InChI=1S/C17H19NO4/c1-11-15(6-7-22-11)17(20)18-10-13(19)9-16(18)12-4-3-5-14(8-12)21-2/h3-8,13,16,19H,9-10H2,1-2H3/t13-,16+/m1/s1. The van der Waals surface area contributed by atoms with Crippen molar-refractivity contribution in [3.05, 3.63) is 53.5 Å². The van der Waals surface area contributed by atoms with E-state index in [2.05, 4.69) is 0 Å². The number of rotatable bonds is 3. The normalized spacial score (nSPS) is 21.1. The lowest BCUT2D eigenvalue weighted by molar-refractivity contribution is 0.0714. The Hall–Kier alpha value is -2.27. The second kappa shape index (κ2) is 5.85. The van der Waals surface area contributed by atoms with E-state index in [0.29, 0.717) is 24.3 Å². The SMILES string of the molecule is COc1cccc([C@@H]2C[C@@H](O)CN2C(=O)c2ccoc2C)c1. The van der Waals surface area contributed by atoms with Gasteiger partial charge in [-0.2, -0.15) is 0 Å². The Morgan fingerprint density at radius 1 is 1.41 bits per heavy atom. The van der Waals surface area contributed by atoms with Gasteiger partial charge in [-0.05, 0) is 37.1 Å². The first-order valence-corrected chi connectivity index (χ1v) is 7.27. The maximum atomic E-state index is 12.7. The molecular weight excluding hydrogens is 282 g/mol. The zero-order chi connectivity index (χ0) is 15.7. The van der Waals surface area contributed by atoms with Crippen molar-refractivity contribution in [3.63, 3.8) is 0 Å². The van der Waals surface area contributed by atoms with Gasteiger partial charge < -0.3 is 19.2 Å². The Kier molecular flexibility index (Phi) is 3.90. The number of ether oxygens (including phenoxy) is 1. The van der Waals surface area contributed by atoms with Crippen molar-refractivity contribution in [2.75, 3.05) is 13.7 Å². The van der Waals surface area contributed by atoms with Crippen molar-refractivity contribution in [2.24, 2.45) is 0 Å². The quantitative estimate of drug-likeness (QED) is 0.946. The third-order valence-corrected chi connectivity index (χ3v) is 4.11. The van der Waals surface area contributed by atoms with Gasteiger partial charge in [-0.25, -0.2) is 0 Å². The molecule has 1 aliphatic rings. The molecule has 1 aromatic heterocycles. The molecule has 2 aromatic rings. The second-order valence-electron chi connectivity index (χ2n) is 5.53. The molecule has 1 aromatic carbocycles. The molecule has 0 bridgehead atoms. The van der Waals surface area contributed by atoms with Crippen LogP contribution in [0.2, 0.25) is 0 Å². The lowest BCUT2D eigenvalue weighted by Gasteiger charge is -2.24. The molecule has 1 saturated heterocycles. The van der Waals surface area contributed by atoms with Crippen molar-refractivity contribution in [1.29, 1.82) is 0 Å². The van der Waals surface area contributed by atoms with Gasteiger partial charge in [-0.15, -0.1) is 0 Å². The summed E-state index contributed by atoms with van der Waals surface area (Å²) in [6.45, 7) is 2.09. The summed E-state index contributed by atoms with van der Waals surface area (Å²) < 4.78 is 10.5. The first-order valence-electron chi connectivity index (χ1n) is 7.27. The number of aryl methyl sites for hydroxylation is 1. The van der Waals surface area contributed by atoms with Crippen LogP contribution in [0.15, 0.2) is 41.0 Å². The van der Waals surface area contributed by atoms with Gasteiger partial charge in [0.2, 0.25) is 0 Å². The largest absolute Gasteiger partial charge is 0.497 e. The predicted molar refractivity (Wildman–Crippen MR) is 80.8 cm³/mol. The van der Waals surface area contributed by atoms with Crippen LogP contribution in [0, 0.1) is 6.92 Å². The summed E-state index contributed by atoms with van der Waals surface area (Å²) in [5, 5.41) is 10.0. The van der Waals surface area contributed by atoms with E-state index in [9.17, 15) is 9.90 Å². The highest BCUT2D eigenvalue weighted by molar-refractivity contribution is 5.95. The third-order valence-electron chi connectivity index (χ3n) is 4.11. The van der Waals surface area contributed by atoms with E-state index in [-0.39, 0.29) is 11.9 Å². The highest BCUT2D eigenvalue weighted by Crippen LogP contribution is 2.35. The number of benzene rings is 1. The fourth-order valence-corrected chi connectivity index (χ4v) is 2.96. The molecule has 1 amide bonds. The summed E-state index contributed by atoms with van der Waals surface area (Å²) in [6, 6.07) is 9.13. The lowest BCUT2D eigenvalue weighted by Crippen LogP contribution is -2.31. The molecule has 0 aliphatic carbocycles. The smallest absolute Gasteiger partial charge is 0.257 e. The molecule has 3 rings (SSSR count). The number of likely N-dealkylation sites (tertiary alicyclic amines) is 1. The summed E-state index contributed by atoms with van der Waals surface area (Å²) in [4.78, 5) is 14.4. The predicted octanol–water partition coefficient (Wildman–Crippen LogP) is 2.54. The van der Waals surface area contributed by atoms with E-state index in [4.69, 9.17) is 9.15 Å². The van der Waals surface area contributed by atoms with Crippen LogP contribution in [0.25, 0.3) is 0 Å². The number of nitrogens with zero attached hydrogens (tertiary/aromatic N) is 1. The van der Waals surface area contributed by atoms with Gasteiger partial charge in [-0.3, -0.25) is 4.79 Å². The van der Waals surface area contributed by atoms with Gasteiger partial charge in [0.1, 0.15) is 11.5 Å². The lowest BCUT2D eigenvalue weighted by atomic mass is 10.0. The highest BCUT2D eigenvalue weighted by atomic mass is 16.5. The second-order valence-corrected chi connectivity index (χ2v) is 5.53. The Bertz CT molecular complexity index is 679. The number of aliphatic hydroxyl groups is 1. The van der Waals surface area contributed by atoms with Crippen LogP contribution in [0.4, 0.5) is 0 Å². The van der Waals surface area contributed by atoms with Crippen LogP contribution >= 0.6 is 0 Å². The van der Waals surface area contributed by atoms with Crippen LogP contribution in [-0.2, 0) is 0 Å². The Balaban J connectivity index is 1.92. The maximum absolute atomic E-state index is 12.7. The van der Waals surface area contributed by atoms with E-state index >= 15 is 0 Å². The van der Waals surface area contributed by atoms with Crippen molar-refractivity contribution in [2.45, 2.75) is 25.5 Å². The van der Waals surface area contributed by atoms with Crippen LogP contribution in [-0.4, -0.2) is 35.7 Å². The summed E-state index contributed by atoms with van der Waals surface area (Å²) in [7, 11) is 1.61. The number of β-amino-alcohol motifs (C(OH)–C–C–N with tert-alkyl or cyclic N) is 1. The van der Waals surface area contributed by atoms with Gasteiger partial charge in [-0.1, -0.05) is 12.1 Å². The van der Waals surface area contributed by atoms with E-state index < -0.39 is 6.10 Å². The molecule has 0 saturated carbocycles. The molecule has 0 spiro atoms. The molecule has 22 heavy (non-hydrogen) atoms. The third kappa shape index (κ3) is 2.60. The molecule has 1 N–H and O–H groups in total. The van der Waals surface area contributed by atoms with Crippen molar-refractivity contribution in [1.82, 2.24) is 4.90 Å². The molecule has 5 nitrogen and oxygen atoms in total. The zero-order valence-corrected chi connectivity index (χ0v) is 12.7. The van der Waals surface area contributed by atoms with Crippen LogP contribution in [0.3, 0.4) is 0 Å². The average molecular weight is 301 g/mol. The summed E-state index contributed by atoms with van der Waals surface area (Å²) in [5.41, 5.74) is 1.51. The Morgan fingerprint density at radius 2 is 2.23 bits per heavy atom. The first-order chi connectivity index (χ1) is 10.6. The van der Waals surface area contributed by atoms with Gasteiger partial charge >= 0.3 is 0 Å². The summed E-state index contributed by atoms with van der Waals surface area (Å²) in [6.07, 6.45) is 1.51. The van der Waals surface area contributed by atoms with E-state index in [1.54, 1.807) is 25.0 Å². The molecule has 0 unspecified atom stereocenters. The molecule has 5 heteroatoms. The minimum absolute atomic E-state index is 0.115. The summed E-state index contributed by atoms with van der Waals surface area (Å²) >= 11 is 0. The number of methoxy groups -OCH3 is 1. The van der Waals surface area contributed by atoms with Crippen molar-refractivity contribution in [3.8, 4) is 5.75 Å². The minimum Gasteiger partial charge on any atom is -0.497 e. The number of hydrogen-bond acceptors (Lipinski definition) is 4. The average Bonchev–Trinajstić information content (AvgIpc) is 3.12. The number of carbonyl (C=O) groups excluding carboxylic acids is 1. The molecule has 2 heterocycles. The topological polar surface area (TPSA) is 62.9 Å². The maximum Gasteiger partial charge on any atom is 0.257 e. The number of furan rings is 1. The minimum atomic E-state index is -0.521. The van der Waals surface area contributed by atoms with Gasteiger partial charge in [0, 0.05) is 6.54 Å². The summed E-state index contributed by atoms with van der Waals surface area (Å²) in [5.74, 6) is 1.22. The van der Waals surface area contributed by atoms with Crippen molar-refractivity contribution < 1.29 is 19.1 Å². The monoisotopic (exact) mass is 301 g/mol. The molecule has 1 fully saturated rings. The number of aliphatic hydroxyl groups excluding tert-OH is 1. The van der Waals surface area contributed by atoms with E-state index in [1.165, 1.54) is 6.26 Å². The van der Waals surface area contributed by atoms with Crippen LogP contribution in [0.5, 0.6) is 5.75 Å². The fraction of sp³-hybridized carbons (Fsp3) is 0.353. The zero-order valence-electron chi connectivity index (χ0n) is 12.7. The molecule has 116 valence electrons. The van der Waals surface area contributed by atoms with E-state index in [1.807, 2.05) is 24.3 Å². The van der Waals surface area contributed by atoms with E-state index in [0.717, 1.165) is 11.3 Å². The molecule has 1 aliphatic heterocycles. The van der Waals surface area contributed by atoms with Crippen LogP contribution < -0.4 is 4.74 Å². The first kappa shape index (κ1) is 14.7. The van der Waals surface area contributed by atoms with Crippen LogP contribution in [0.1, 0.15) is 34.1 Å². The van der Waals surface area contributed by atoms with Gasteiger partial charge in [0.25, 0.3) is 5.91 Å². The Morgan fingerprint density at radius 3 is 2.91 bits per heavy atom. The van der Waals surface area contributed by atoms with Gasteiger partial charge in [0.15, 0.2) is 0 Å². The van der Waals surface area contributed by atoms with Crippen molar-refractivity contribution >= 4 is 5.91 Å². The number of carbonyl (C=O) groups is 1. The Labute approximate surface area is 129 Å². The number of hydrogen-bond donors (Lipinski definition) is 1.